The molecule has 0 saturated carbocycles. The summed E-state index contributed by atoms with van der Waals surface area (Å²) in [5.41, 5.74) is 1.87. The van der Waals surface area contributed by atoms with Gasteiger partial charge in [-0.2, -0.15) is 5.10 Å². The molecule has 2 amide bonds. The maximum atomic E-state index is 12.9. The summed E-state index contributed by atoms with van der Waals surface area (Å²) < 4.78 is 7.03. The van der Waals surface area contributed by atoms with Crippen LogP contribution in [0.5, 0.6) is 0 Å². The molecule has 2 N–H and O–H groups in total. The average molecular weight is 373 g/mol. The van der Waals surface area contributed by atoms with E-state index in [0.29, 0.717) is 23.8 Å². The zero-order valence-electron chi connectivity index (χ0n) is 16.5. The maximum Gasteiger partial charge on any atom is 0.278 e. The number of aryl methyl sites for hydroxylation is 2. The average Bonchev–Trinajstić information content (AvgIpc) is 3.23. The summed E-state index contributed by atoms with van der Waals surface area (Å²) in [6, 6.07) is 0. The number of rotatable bonds is 4. The molecule has 1 unspecified atom stereocenters. The molecule has 8 heteroatoms. The number of amides is 2. The first-order valence-corrected chi connectivity index (χ1v) is 9.32. The van der Waals surface area contributed by atoms with Crippen molar-refractivity contribution in [2.75, 3.05) is 12.4 Å². The molecule has 2 aromatic rings. The maximum absolute atomic E-state index is 12.9. The van der Waals surface area contributed by atoms with Gasteiger partial charge in [0.05, 0.1) is 5.69 Å². The van der Waals surface area contributed by atoms with Crippen LogP contribution in [-0.4, -0.2) is 33.8 Å². The first kappa shape index (κ1) is 19.1. The lowest BCUT2D eigenvalue weighted by molar-refractivity contribution is 0.0958. The molecule has 0 radical (unpaired) electrons. The molecule has 0 aromatic carbocycles. The van der Waals surface area contributed by atoms with Crippen molar-refractivity contribution >= 4 is 17.5 Å². The zero-order valence-corrected chi connectivity index (χ0v) is 16.5. The molecule has 1 aliphatic carbocycles. The van der Waals surface area contributed by atoms with Crippen molar-refractivity contribution in [2.45, 2.75) is 53.5 Å². The Morgan fingerprint density at radius 1 is 1.30 bits per heavy atom. The van der Waals surface area contributed by atoms with Gasteiger partial charge in [0.1, 0.15) is 5.76 Å². The van der Waals surface area contributed by atoms with Crippen LogP contribution < -0.4 is 10.6 Å². The number of aromatic nitrogens is 3. The number of carbonyl (C=O) groups excluding carboxylic acids is 2. The van der Waals surface area contributed by atoms with Crippen molar-refractivity contribution in [3.05, 3.63) is 28.9 Å². The van der Waals surface area contributed by atoms with E-state index < -0.39 is 0 Å². The van der Waals surface area contributed by atoms with Crippen molar-refractivity contribution in [1.82, 2.24) is 20.3 Å². The summed E-state index contributed by atoms with van der Waals surface area (Å²) in [6.45, 7) is 9.14. The Hall–Kier alpha value is -2.64. The zero-order chi connectivity index (χ0) is 19.8. The lowest BCUT2D eigenvalue weighted by Crippen LogP contribution is -2.28. The van der Waals surface area contributed by atoms with Gasteiger partial charge in [0.2, 0.25) is 0 Å². The molecule has 0 aliphatic heterocycles. The van der Waals surface area contributed by atoms with Crippen LogP contribution in [-0.2, 0) is 19.4 Å². The number of hydrogen-bond acceptors (Lipinski definition) is 5. The number of fused-ring (bicyclic) bond motifs is 1. The summed E-state index contributed by atoms with van der Waals surface area (Å²) in [4.78, 5) is 24.9. The van der Waals surface area contributed by atoms with Crippen molar-refractivity contribution in [2.24, 2.45) is 11.3 Å². The second-order valence-electron chi connectivity index (χ2n) is 8.02. The van der Waals surface area contributed by atoms with E-state index in [2.05, 4.69) is 41.7 Å². The number of hydrogen-bond donors (Lipinski definition) is 2. The summed E-state index contributed by atoms with van der Waals surface area (Å²) in [5, 5.41) is 13.5. The van der Waals surface area contributed by atoms with E-state index in [-0.39, 0.29) is 22.9 Å². The number of anilines is 1. The van der Waals surface area contributed by atoms with Crippen LogP contribution in [0, 0.1) is 11.3 Å². The Morgan fingerprint density at radius 3 is 2.67 bits per heavy atom. The van der Waals surface area contributed by atoms with E-state index in [1.54, 1.807) is 10.9 Å². The Labute approximate surface area is 158 Å². The second kappa shape index (κ2) is 7.17. The van der Waals surface area contributed by atoms with E-state index >= 15 is 0 Å². The minimum atomic E-state index is -0.379. The molecule has 1 atom stereocenters. The summed E-state index contributed by atoms with van der Waals surface area (Å²) in [6.07, 6.45) is 4.22. The molecule has 146 valence electrons. The molecule has 27 heavy (non-hydrogen) atoms. The lowest BCUT2D eigenvalue weighted by atomic mass is 9.71. The van der Waals surface area contributed by atoms with Crippen LogP contribution in [0.2, 0.25) is 0 Å². The SMILES string of the molecule is CCn1cc(NC(=O)c2noc3c2CC(C(C)(C)C)CC3)c(C(=O)NC)n1. The topological polar surface area (TPSA) is 102 Å². The Bertz CT molecular complexity index is 859. The van der Waals surface area contributed by atoms with Crippen LogP contribution in [0.3, 0.4) is 0 Å². The highest BCUT2D eigenvalue weighted by Gasteiger charge is 2.34. The van der Waals surface area contributed by atoms with E-state index in [0.717, 1.165) is 30.6 Å². The van der Waals surface area contributed by atoms with E-state index in [1.807, 2.05) is 6.92 Å². The van der Waals surface area contributed by atoms with Gasteiger partial charge in [0.15, 0.2) is 11.4 Å². The Balaban J connectivity index is 1.86. The Morgan fingerprint density at radius 2 is 2.04 bits per heavy atom. The number of nitrogens with zero attached hydrogens (tertiary/aromatic N) is 3. The van der Waals surface area contributed by atoms with Gasteiger partial charge in [-0.3, -0.25) is 14.3 Å². The second-order valence-corrected chi connectivity index (χ2v) is 8.02. The quantitative estimate of drug-likeness (QED) is 0.858. The van der Waals surface area contributed by atoms with Crippen molar-refractivity contribution in [1.29, 1.82) is 0 Å². The molecule has 8 nitrogen and oxygen atoms in total. The van der Waals surface area contributed by atoms with Crippen LogP contribution >= 0.6 is 0 Å². The molecule has 3 rings (SSSR count). The van der Waals surface area contributed by atoms with Crippen molar-refractivity contribution in [3.63, 3.8) is 0 Å². The highest BCUT2D eigenvalue weighted by Crippen LogP contribution is 2.38. The summed E-state index contributed by atoms with van der Waals surface area (Å²) >= 11 is 0. The number of carbonyl (C=O) groups is 2. The molecular weight excluding hydrogens is 346 g/mol. The van der Waals surface area contributed by atoms with Crippen LogP contribution in [0.25, 0.3) is 0 Å². The molecular formula is C19H27N5O3. The van der Waals surface area contributed by atoms with Gasteiger partial charge >= 0.3 is 0 Å². The van der Waals surface area contributed by atoms with Crippen molar-refractivity contribution in [3.8, 4) is 0 Å². The van der Waals surface area contributed by atoms with Gasteiger partial charge in [0.25, 0.3) is 11.8 Å². The third-order valence-electron chi connectivity index (χ3n) is 5.26. The minimum Gasteiger partial charge on any atom is -0.360 e. The van der Waals surface area contributed by atoms with Crippen molar-refractivity contribution < 1.29 is 14.1 Å². The van der Waals surface area contributed by atoms with E-state index in [4.69, 9.17) is 4.52 Å². The summed E-state index contributed by atoms with van der Waals surface area (Å²) in [7, 11) is 1.53. The molecule has 0 fully saturated rings. The molecule has 2 heterocycles. The molecule has 2 aromatic heterocycles. The highest BCUT2D eigenvalue weighted by atomic mass is 16.5. The fourth-order valence-corrected chi connectivity index (χ4v) is 3.46. The monoisotopic (exact) mass is 373 g/mol. The first-order valence-electron chi connectivity index (χ1n) is 9.32. The highest BCUT2D eigenvalue weighted by molar-refractivity contribution is 6.08. The van der Waals surface area contributed by atoms with E-state index in [1.165, 1.54) is 7.05 Å². The smallest absolute Gasteiger partial charge is 0.278 e. The summed E-state index contributed by atoms with van der Waals surface area (Å²) in [5.74, 6) is 0.513. The largest absolute Gasteiger partial charge is 0.360 e. The number of nitrogens with one attached hydrogen (secondary N) is 2. The van der Waals surface area contributed by atoms with Gasteiger partial charge in [-0.25, -0.2) is 0 Å². The normalized spacial score (nSPS) is 16.7. The fraction of sp³-hybridized carbons (Fsp3) is 0.579. The standard InChI is InChI=1S/C19H27N5O3/c1-6-24-10-13(16(22-24)17(25)20-5)21-18(26)15-12-9-11(19(2,3)4)7-8-14(12)27-23-15/h10-11H,6-9H2,1-5H3,(H,20,25)(H,21,26). The first-order chi connectivity index (χ1) is 12.7. The predicted molar refractivity (Wildman–Crippen MR) is 101 cm³/mol. The van der Waals surface area contributed by atoms with Gasteiger partial charge in [-0.1, -0.05) is 25.9 Å². The van der Waals surface area contributed by atoms with Gasteiger partial charge in [0, 0.05) is 31.8 Å². The third-order valence-corrected chi connectivity index (χ3v) is 5.26. The van der Waals surface area contributed by atoms with Crippen LogP contribution in [0.4, 0.5) is 5.69 Å². The predicted octanol–water partition coefficient (Wildman–Crippen LogP) is 2.65. The molecule has 0 bridgehead atoms. The molecule has 0 spiro atoms. The van der Waals surface area contributed by atoms with Gasteiger partial charge in [-0.15, -0.1) is 0 Å². The fourth-order valence-electron chi connectivity index (χ4n) is 3.46. The Kier molecular flexibility index (Phi) is 5.08. The molecule has 0 saturated heterocycles. The molecule has 1 aliphatic rings. The minimum absolute atomic E-state index is 0.150. The van der Waals surface area contributed by atoms with Gasteiger partial charge < -0.3 is 15.2 Å². The van der Waals surface area contributed by atoms with Crippen LogP contribution in [0.1, 0.15) is 66.4 Å². The third kappa shape index (κ3) is 3.74. The lowest BCUT2D eigenvalue weighted by Gasteiger charge is -2.33. The van der Waals surface area contributed by atoms with Gasteiger partial charge in [-0.05, 0) is 31.1 Å². The van der Waals surface area contributed by atoms with Crippen LogP contribution in [0.15, 0.2) is 10.7 Å². The van der Waals surface area contributed by atoms with E-state index in [9.17, 15) is 9.59 Å².